The Kier molecular flexibility index (Phi) is 2.63. The van der Waals surface area contributed by atoms with Crippen LogP contribution >= 0.6 is 0 Å². The summed E-state index contributed by atoms with van der Waals surface area (Å²) in [6.07, 6.45) is 0.619. The molecule has 0 radical (unpaired) electrons. The van der Waals surface area contributed by atoms with E-state index in [1.54, 1.807) is 0 Å². The quantitative estimate of drug-likeness (QED) is 0.572. The first kappa shape index (κ1) is 8.69. The molecule has 64 valence electrons. The van der Waals surface area contributed by atoms with Crippen LogP contribution in [0.4, 0.5) is 4.39 Å². The van der Waals surface area contributed by atoms with Crippen LogP contribution in [0.15, 0.2) is 0 Å². The van der Waals surface area contributed by atoms with E-state index in [1.165, 1.54) is 0 Å². The third-order valence-corrected chi connectivity index (χ3v) is 2.56. The molecule has 1 fully saturated rings. The standard InChI is InChI=1S/C9H15FO/c1-6(2)7-3-4-9(11)8(10)5-7/h6-8H,3-5H2,1-2H3/t7-,8-/m1/s1. The molecule has 11 heavy (non-hydrogen) atoms. The van der Waals surface area contributed by atoms with Crippen molar-refractivity contribution in [3.8, 4) is 0 Å². The summed E-state index contributed by atoms with van der Waals surface area (Å²) in [5.74, 6) is 0.742. The van der Waals surface area contributed by atoms with Crippen molar-refractivity contribution in [3.63, 3.8) is 0 Å². The highest BCUT2D eigenvalue weighted by atomic mass is 19.1. The SMILES string of the molecule is CC(C)[C@@H]1CCC(=O)[C@H](F)C1. The maximum Gasteiger partial charge on any atom is 0.166 e. The van der Waals surface area contributed by atoms with Gasteiger partial charge >= 0.3 is 0 Å². The molecule has 0 N–H and O–H groups in total. The fourth-order valence-corrected chi connectivity index (χ4v) is 1.60. The van der Waals surface area contributed by atoms with Crippen LogP contribution in [0, 0.1) is 11.8 Å². The predicted molar refractivity (Wildman–Crippen MR) is 42.1 cm³/mol. The number of rotatable bonds is 1. The lowest BCUT2D eigenvalue weighted by Crippen LogP contribution is -2.28. The van der Waals surface area contributed by atoms with Gasteiger partial charge in [-0.25, -0.2) is 4.39 Å². The van der Waals surface area contributed by atoms with Crippen molar-refractivity contribution < 1.29 is 9.18 Å². The van der Waals surface area contributed by atoms with Crippen LogP contribution in [-0.4, -0.2) is 12.0 Å². The summed E-state index contributed by atoms with van der Waals surface area (Å²) in [6.45, 7) is 4.18. The number of Topliss-reactive ketones (excluding diaryl/α,β-unsaturated/α-hetero) is 1. The Morgan fingerprint density at radius 2 is 2.18 bits per heavy atom. The van der Waals surface area contributed by atoms with E-state index in [0.29, 0.717) is 24.7 Å². The Bertz CT molecular complexity index is 154. The summed E-state index contributed by atoms with van der Waals surface area (Å²) < 4.78 is 12.8. The summed E-state index contributed by atoms with van der Waals surface area (Å²) in [6, 6.07) is 0. The predicted octanol–water partition coefficient (Wildman–Crippen LogP) is 2.35. The van der Waals surface area contributed by atoms with Crippen LogP contribution in [0.2, 0.25) is 0 Å². The second-order valence-electron chi connectivity index (χ2n) is 3.71. The smallest absolute Gasteiger partial charge is 0.166 e. The van der Waals surface area contributed by atoms with Crippen molar-refractivity contribution in [1.82, 2.24) is 0 Å². The summed E-state index contributed by atoms with van der Waals surface area (Å²) in [5, 5.41) is 0. The van der Waals surface area contributed by atoms with Gasteiger partial charge in [-0.05, 0) is 24.7 Å². The minimum Gasteiger partial charge on any atom is -0.296 e. The monoisotopic (exact) mass is 158 g/mol. The van der Waals surface area contributed by atoms with Gasteiger partial charge in [0.05, 0.1) is 0 Å². The Hall–Kier alpha value is -0.400. The average Bonchev–Trinajstić information content (AvgIpc) is 1.94. The van der Waals surface area contributed by atoms with Crippen molar-refractivity contribution >= 4 is 5.78 Å². The van der Waals surface area contributed by atoms with E-state index in [1.807, 2.05) is 0 Å². The van der Waals surface area contributed by atoms with E-state index in [0.717, 1.165) is 6.42 Å². The second kappa shape index (κ2) is 3.33. The van der Waals surface area contributed by atoms with Crippen molar-refractivity contribution in [2.75, 3.05) is 0 Å². The van der Waals surface area contributed by atoms with Crippen molar-refractivity contribution in [1.29, 1.82) is 0 Å². The highest BCUT2D eigenvalue weighted by Gasteiger charge is 2.29. The molecule has 0 heterocycles. The maximum atomic E-state index is 12.8. The third-order valence-electron chi connectivity index (χ3n) is 2.56. The van der Waals surface area contributed by atoms with Gasteiger partial charge in [0.2, 0.25) is 0 Å². The maximum absolute atomic E-state index is 12.8. The fraction of sp³-hybridized carbons (Fsp3) is 0.889. The molecular weight excluding hydrogens is 143 g/mol. The molecule has 0 aromatic rings. The number of hydrogen-bond acceptors (Lipinski definition) is 1. The van der Waals surface area contributed by atoms with Crippen LogP contribution in [0.3, 0.4) is 0 Å². The summed E-state index contributed by atoms with van der Waals surface area (Å²) >= 11 is 0. The molecule has 0 amide bonds. The lowest BCUT2D eigenvalue weighted by atomic mass is 9.80. The normalized spacial score (nSPS) is 32.9. The lowest BCUT2D eigenvalue weighted by Gasteiger charge is -2.26. The number of carbonyl (C=O) groups excluding carboxylic acids is 1. The van der Waals surface area contributed by atoms with E-state index in [4.69, 9.17) is 0 Å². The second-order valence-corrected chi connectivity index (χ2v) is 3.71. The first-order valence-corrected chi connectivity index (χ1v) is 4.28. The molecule has 1 rings (SSSR count). The van der Waals surface area contributed by atoms with Gasteiger partial charge in [0, 0.05) is 6.42 Å². The molecule has 1 aliphatic rings. The first-order valence-electron chi connectivity index (χ1n) is 4.28. The number of ketones is 1. The molecule has 2 heteroatoms. The van der Waals surface area contributed by atoms with Crippen LogP contribution in [0.5, 0.6) is 0 Å². The number of alkyl halides is 1. The number of hydrogen-bond donors (Lipinski definition) is 0. The highest BCUT2D eigenvalue weighted by Crippen LogP contribution is 2.29. The van der Waals surface area contributed by atoms with E-state index < -0.39 is 6.17 Å². The van der Waals surface area contributed by atoms with E-state index >= 15 is 0 Å². The molecule has 0 aromatic heterocycles. The average molecular weight is 158 g/mol. The van der Waals surface area contributed by atoms with E-state index in [-0.39, 0.29) is 5.78 Å². The zero-order chi connectivity index (χ0) is 8.43. The minimum atomic E-state index is -1.17. The Morgan fingerprint density at radius 3 is 2.64 bits per heavy atom. The van der Waals surface area contributed by atoms with E-state index in [2.05, 4.69) is 13.8 Å². The van der Waals surface area contributed by atoms with Crippen molar-refractivity contribution in [3.05, 3.63) is 0 Å². The lowest BCUT2D eigenvalue weighted by molar-refractivity contribution is -0.127. The van der Waals surface area contributed by atoms with Crippen molar-refractivity contribution in [2.24, 2.45) is 11.8 Å². The van der Waals surface area contributed by atoms with Gasteiger partial charge in [0.25, 0.3) is 0 Å². The van der Waals surface area contributed by atoms with Crippen LogP contribution < -0.4 is 0 Å². The zero-order valence-corrected chi connectivity index (χ0v) is 7.14. The Morgan fingerprint density at radius 1 is 1.55 bits per heavy atom. The Balaban J connectivity index is 2.46. The third kappa shape index (κ3) is 2.01. The highest BCUT2D eigenvalue weighted by molar-refractivity contribution is 5.83. The molecule has 1 nitrogen and oxygen atoms in total. The molecular formula is C9H15FO. The van der Waals surface area contributed by atoms with Crippen molar-refractivity contribution in [2.45, 2.75) is 39.3 Å². The molecule has 0 bridgehead atoms. The number of carbonyl (C=O) groups is 1. The fourth-order valence-electron chi connectivity index (χ4n) is 1.60. The zero-order valence-electron chi connectivity index (χ0n) is 7.14. The van der Waals surface area contributed by atoms with Crippen LogP contribution in [0.1, 0.15) is 33.1 Å². The van der Waals surface area contributed by atoms with Gasteiger partial charge in [-0.15, -0.1) is 0 Å². The summed E-state index contributed by atoms with van der Waals surface area (Å²) in [5.41, 5.74) is 0. The van der Waals surface area contributed by atoms with Gasteiger partial charge in [-0.2, -0.15) is 0 Å². The molecule has 0 saturated heterocycles. The molecule has 0 aliphatic heterocycles. The molecule has 0 aromatic carbocycles. The number of halogens is 1. The largest absolute Gasteiger partial charge is 0.296 e. The summed E-state index contributed by atoms with van der Waals surface area (Å²) in [7, 11) is 0. The Labute approximate surface area is 67.0 Å². The van der Waals surface area contributed by atoms with Gasteiger partial charge in [-0.3, -0.25) is 4.79 Å². The van der Waals surface area contributed by atoms with Crippen LogP contribution in [-0.2, 0) is 4.79 Å². The molecule has 1 saturated carbocycles. The van der Waals surface area contributed by atoms with Gasteiger partial charge in [0.15, 0.2) is 12.0 Å². The summed E-state index contributed by atoms with van der Waals surface area (Å²) in [4.78, 5) is 10.8. The van der Waals surface area contributed by atoms with Gasteiger partial charge in [0.1, 0.15) is 0 Å². The molecule has 0 unspecified atom stereocenters. The molecule has 0 spiro atoms. The molecule has 2 atom stereocenters. The van der Waals surface area contributed by atoms with Gasteiger partial charge < -0.3 is 0 Å². The van der Waals surface area contributed by atoms with Crippen LogP contribution in [0.25, 0.3) is 0 Å². The molecule has 1 aliphatic carbocycles. The van der Waals surface area contributed by atoms with Gasteiger partial charge in [-0.1, -0.05) is 13.8 Å². The minimum absolute atomic E-state index is 0.193. The topological polar surface area (TPSA) is 17.1 Å². The van der Waals surface area contributed by atoms with E-state index in [9.17, 15) is 9.18 Å². The first-order chi connectivity index (χ1) is 5.11.